The Kier molecular flexibility index (Phi) is 12.1. The number of methoxy groups -OCH3 is 1. The molecule has 1 atom stereocenters. The van der Waals surface area contributed by atoms with Gasteiger partial charge in [0.15, 0.2) is 5.82 Å². The smallest absolute Gasteiger partial charge is 0.397 e. The monoisotopic (exact) mass is 664 g/mol. The average molecular weight is 665 g/mol. The highest BCUT2D eigenvalue weighted by Gasteiger charge is 2.58. The zero-order valence-corrected chi connectivity index (χ0v) is 26.6. The number of anilines is 2. The molecule has 1 saturated heterocycles. The van der Waals surface area contributed by atoms with E-state index in [-0.39, 0.29) is 37.6 Å². The largest absolute Gasteiger partial charge is 0.496 e. The van der Waals surface area contributed by atoms with E-state index in [2.05, 4.69) is 4.98 Å². The van der Waals surface area contributed by atoms with Crippen molar-refractivity contribution < 1.29 is 36.2 Å². The molecule has 0 bridgehead atoms. The van der Waals surface area contributed by atoms with Crippen LogP contribution in [-0.4, -0.2) is 69.1 Å². The van der Waals surface area contributed by atoms with E-state index in [9.17, 15) is 17.6 Å². The number of halogens is 7. The third kappa shape index (κ3) is 7.85. The quantitative estimate of drug-likeness (QED) is 0.105. The highest BCUT2D eigenvalue weighted by atomic mass is 35.5. The molecular formula is C30H35ClF6N4O2S. The lowest BCUT2D eigenvalue weighted by Crippen LogP contribution is -2.47. The number of rotatable bonds is 10. The molecule has 1 unspecified atom stereocenters. The standard InChI is InChI=1S/C29H31ClF6N4OS.CH4O/c1-5-18-9-10-19(22(13-18)41-4)15-40(24-8-6-7-23(32)37-24)42-27-20(31)14-21(25(30)26(27)33)39-12-11-28(17-39,16-38(2)3)29(34,35)36;1-2/h6-10,13-14H,5,11-12,15-17H2,1-4H3;2H,1H3. The lowest BCUT2D eigenvalue weighted by Gasteiger charge is -2.34. The Morgan fingerprint density at radius 3 is 2.41 bits per heavy atom. The van der Waals surface area contributed by atoms with E-state index >= 15 is 8.78 Å². The van der Waals surface area contributed by atoms with Crippen LogP contribution in [0, 0.1) is 23.0 Å². The average Bonchev–Trinajstić information content (AvgIpc) is 3.42. The molecule has 0 radical (unpaired) electrons. The van der Waals surface area contributed by atoms with Crippen molar-refractivity contribution >= 4 is 35.1 Å². The molecule has 14 heteroatoms. The number of aromatic nitrogens is 1. The van der Waals surface area contributed by atoms with Crippen LogP contribution in [0.25, 0.3) is 0 Å². The summed E-state index contributed by atoms with van der Waals surface area (Å²) in [5.74, 6) is -2.34. The van der Waals surface area contributed by atoms with Crippen molar-refractivity contribution in [3.8, 4) is 5.75 Å². The summed E-state index contributed by atoms with van der Waals surface area (Å²) in [5.41, 5.74) is -0.571. The van der Waals surface area contributed by atoms with Crippen LogP contribution in [0.2, 0.25) is 5.02 Å². The number of benzene rings is 2. The summed E-state index contributed by atoms with van der Waals surface area (Å²) >= 11 is 6.97. The lowest BCUT2D eigenvalue weighted by molar-refractivity contribution is -0.220. The van der Waals surface area contributed by atoms with Crippen molar-refractivity contribution in [1.29, 1.82) is 0 Å². The maximum Gasteiger partial charge on any atom is 0.397 e. The topological polar surface area (TPSA) is 52.1 Å². The number of aryl methyl sites for hydroxylation is 1. The van der Waals surface area contributed by atoms with Crippen LogP contribution in [0.3, 0.4) is 0 Å². The normalized spacial score (nSPS) is 16.6. The Morgan fingerprint density at radius 2 is 1.82 bits per heavy atom. The predicted molar refractivity (Wildman–Crippen MR) is 162 cm³/mol. The van der Waals surface area contributed by atoms with Crippen LogP contribution < -0.4 is 13.9 Å². The van der Waals surface area contributed by atoms with Crippen LogP contribution in [-0.2, 0) is 13.0 Å². The molecule has 2 aromatic carbocycles. The van der Waals surface area contributed by atoms with Gasteiger partial charge in [-0.2, -0.15) is 17.6 Å². The van der Waals surface area contributed by atoms with Crippen LogP contribution in [0.15, 0.2) is 47.4 Å². The van der Waals surface area contributed by atoms with E-state index < -0.39 is 45.6 Å². The van der Waals surface area contributed by atoms with E-state index in [4.69, 9.17) is 21.4 Å². The third-order valence-corrected chi connectivity index (χ3v) is 8.70. The summed E-state index contributed by atoms with van der Waals surface area (Å²) in [4.78, 5) is 6.09. The first-order valence-corrected chi connectivity index (χ1v) is 14.8. The second-order valence-corrected chi connectivity index (χ2v) is 11.9. The highest BCUT2D eigenvalue weighted by molar-refractivity contribution is 8.00. The SMILES string of the molecule is CCc1ccc(CN(Sc2c(F)cc(N3CCC(CN(C)C)(C(F)(F)F)C3)c(Cl)c2F)c2cccc(F)n2)c(OC)c1.CO. The van der Waals surface area contributed by atoms with Crippen LogP contribution in [0.1, 0.15) is 24.5 Å². The zero-order valence-electron chi connectivity index (χ0n) is 25.0. The van der Waals surface area contributed by atoms with E-state index in [1.54, 1.807) is 20.2 Å². The first-order chi connectivity index (χ1) is 20.8. The molecular weight excluding hydrogens is 630 g/mol. The van der Waals surface area contributed by atoms with Gasteiger partial charge >= 0.3 is 6.18 Å². The maximum absolute atomic E-state index is 15.8. The van der Waals surface area contributed by atoms with Gasteiger partial charge in [0.1, 0.15) is 27.3 Å². The fraction of sp³-hybridized carbons (Fsp3) is 0.433. The Balaban J connectivity index is 0.00000259. The summed E-state index contributed by atoms with van der Waals surface area (Å²) in [5, 5.41) is 6.50. The molecule has 44 heavy (non-hydrogen) atoms. The third-order valence-electron chi connectivity index (χ3n) is 7.24. The molecule has 1 aliphatic heterocycles. The summed E-state index contributed by atoms with van der Waals surface area (Å²) < 4.78 is 94.7. The van der Waals surface area contributed by atoms with Gasteiger partial charge in [-0.3, -0.25) is 4.31 Å². The van der Waals surface area contributed by atoms with Gasteiger partial charge in [0.2, 0.25) is 5.95 Å². The molecule has 0 amide bonds. The molecule has 1 aromatic heterocycles. The molecule has 1 aliphatic rings. The number of aliphatic hydroxyl groups is 1. The molecule has 1 N–H and O–H groups in total. The van der Waals surface area contributed by atoms with Gasteiger partial charge in [0.05, 0.1) is 24.8 Å². The minimum atomic E-state index is -4.53. The summed E-state index contributed by atoms with van der Waals surface area (Å²) in [6.45, 7) is 1.16. The van der Waals surface area contributed by atoms with Crippen LogP contribution in [0.5, 0.6) is 5.75 Å². The molecule has 242 valence electrons. The van der Waals surface area contributed by atoms with Gasteiger partial charge in [0, 0.05) is 38.4 Å². The summed E-state index contributed by atoms with van der Waals surface area (Å²) in [7, 11) is 5.58. The van der Waals surface area contributed by atoms with E-state index in [0.717, 1.165) is 31.2 Å². The number of pyridine rings is 1. The van der Waals surface area contributed by atoms with Crippen LogP contribution >= 0.6 is 23.5 Å². The second kappa shape index (κ2) is 14.9. The van der Waals surface area contributed by atoms with Crippen molar-refractivity contribution in [3.63, 3.8) is 0 Å². The molecule has 0 aliphatic carbocycles. The Hall–Kier alpha value is -2.87. The Morgan fingerprint density at radius 1 is 1.11 bits per heavy atom. The van der Waals surface area contributed by atoms with E-state index in [1.165, 1.54) is 33.3 Å². The number of hydrogen-bond acceptors (Lipinski definition) is 7. The molecule has 0 saturated carbocycles. The zero-order chi connectivity index (χ0) is 32.8. The van der Waals surface area contributed by atoms with Crippen molar-refractivity contribution in [2.75, 3.05) is 57.2 Å². The van der Waals surface area contributed by atoms with Crippen molar-refractivity contribution in [2.24, 2.45) is 5.41 Å². The van der Waals surface area contributed by atoms with E-state index in [1.807, 2.05) is 19.1 Å². The van der Waals surface area contributed by atoms with Gasteiger partial charge < -0.3 is 19.6 Å². The van der Waals surface area contributed by atoms with Gasteiger partial charge in [-0.15, -0.1) is 0 Å². The number of ether oxygens (including phenoxy) is 1. The molecule has 4 rings (SSSR count). The van der Waals surface area contributed by atoms with Crippen molar-refractivity contribution in [3.05, 3.63) is 76.2 Å². The Bertz CT molecular complexity index is 1430. The minimum Gasteiger partial charge on any atom is -0.496 e. The number of alkyl halides is 3. The van der Waals surface area contributed by atoms with Gasteiger partial charge in [0.25, 0.3) is 0 Å². The highest BCUT2D eigenvalue weighted by Crippen LogP contribution is 2.49. The molecule has 1 fully saturated rings. The summed E-state index contributed by atoms with van der Waals surface area (Å²) in [6, 6.07) is 10.5. The number of hydrogen-bond donors (Lipinski definition) is 1. The van der Waals surface area contributed by atoms with E-state index in [0.29, 0.717) is 23.3 Å². The number of aliphatic hydroxyl groups excluding tert-OH is 1. The predicted octanol–water partition coefficient (Wildman–Crippen LogP) is 7.37. The van der Waals surface area contributed by atoms with Crippen molar-refractivity contribution in [1.82, 2.24) is 9.88 Å². The summed E-state index contributed by atoms with van der Waals surface area (Å²) in [6.07, 6.45) is -4.01. The van der Waals surface area contributed by atoms with Gasteiger partial charge in [-0.1, -0.05) is 36.7 Å². The Labute approximate surface area is 262 Å². The lowest BCUT2D eigenvalue weighted by atomic mass is 9.86. The second-order valence-electron chi connectivity index (χ2n) is 10.5. The minimum absolute atomic E-state index is 0.0251. The number of nitrogens with zero attached hydrogens (tertiary/aromatic N) is 4. The molecule has 0 spiro atoms. The first kappa shape index (κ1) is 35.6. The molecule has 2 heterocycles. The van der Waals surface area contributed by atoms with Gasteiger partial charge in [-0.05, 0) is 62.6 Å². The first-order valence-electron chi connectivity index (χ1n) is 13.6. The fourth-order valence-electron chi connectivity index (χ4n) is 5.11. The fourth-order valence-corrected chi connectivity index (χ4v) is 6.39. The van der Waals surface area contributed by atoms with Crippen molar-refractivity contribution in [2.45, 2.75) is 37.4 Å². The van der Waals surface area contributed by atoms with Gasteiger partial charge in [-0.25, -0.2) is 13.8 Å². The maximum atomic E-state index is 15.8. The molecule has 3 aromatic rings. The molecule has 6 nitrogen and oxygen atoms in total. The van der Waals surface area contributed by atoms with Crippen LogP contribution in [0.4, 0.5) is 37.8 Å².